The van der Waals surface area contributed by atoms with Gasteiger partial charge in [0, 0.05) is 0 Å². The fourth-order valence-corrected chi connectivity index (χ4v) is 6.11. The summed E-state index contributed by atoms with van der Waals surface area (Å²) < 4.78 is 0. The first-order valence-corrected chi connectivity index (χ1v) is 10.2. The molecule has 2 rings (SSSR count). The maximum Gasteiger partial charge on any atom is 0.0988 e. The van der Waals surface area contributed by atoms with Crippen LogP contribution in [0.3, 0.4) is 0 Å². The van der Waals surface area contributed by atoms with E-state index in [4.69, 9.17) is 0 Å². The normalized spacial score (nSPS) is 11.5. The summed E-state index contributed by atoms with van der Waals surface area (Å²) in [5, 5.41) is 3.09. The quantitative estimate of drug-likeness (QED) is 0.503. The van der Waals surface area contributed by atoms with Crippen molar-refractivity contribution in [2.75, 3.05) is 12.8 Å². The van der Waals surface area contributed by atoms with E-state index in [2.05, 4.69) is 74.3 Å². The molecular formula is C19H26P+. The number of benzene rings is 2. The summed E-state index contributed by atoms with van der Waals surface area (Å²) in [5.41, 5.74) is 0. The van der Waals surface area contributed by atoms with Gasteiger partial charge >= 0.3 is 0 Å². The molecule has 0 radical (unpaired) electrons. The molecule has 0 aromatic heterocycles. The average Bonchev–Trinajstić information content (AvgIpc) is 2.53. The molecule has 0 fully saturated rings. The monoisotopic (exact) mass is 285 g/mol. The molecule has 0 aliphatic carbocycles. The van der Waals surface area contributed by atoms with E-state index >= 15 is 0 Å². The van der Waals surface area contributed by atoms with E-state index in [-0.39, 0.29) is 0 Å². The predicted molar refractivity (Wildman–Crippen MR) is 94.0 cm³/mol. The molecular weight excluding hydrogens is 259 g/mol. The lowest BCUT2D eigenvalue weighted by Gasteiger charge is -2.23. The summed E-state index contributed by atoms with van der Waals surface area (Å²) in [5.74, 6) is 0. The zero-order valence-corrected chi connectivity index (χ0v) is 13.7. The Morgan fingerprint density at radius 2 is 1.20 bits per heavy atom. The van der Waals surface area contributed by atoms with Gasteiger partial charge in [-0.1, -0.05) is 56.2 Å². The Morgan fingerprint density at radius 3 is 1.65 bits per heavy atom. The maximum atomic E-state index is 2.50. The summed E-state index contributed by atoms with van der Waals surface area (Å²) >= 11 is 0. The zero-order chi connectivity index (χ0) is 14.3. The van der Waals surface area contributed by atoms with Crippen LogP contribution in [-0.2, 0) is 0 Å². The summed E-state index contributed by atoms with van der Waals surface area (Å²) in [6.45, 7) is 4.78. The van der Waals surface area contributed by atoms with Crippen LogP contribution in [0.25, 0.3) is 0 Å². The minimum atomic E-state index is -1.21. The van der Waals surface area contributed by atoms with Crippen LogP contribution in [0.4, 0.5) is 0 Å². The second-order valence-electron chi connectivity index (χ2n) is 5.65. The second-order valence-corrected chi connectivity index (χ2v) is 9.51. The molecule has 0 amide bonds. The molecule has 0 atom stereocenters. The van der Waals surface area contributed by atoms with Crippen LogP contribution in [0.2, 0.25) is 0 Å². The van der Waals surface area contributed by atoms with Crippen molar-refractivity contribution in [3.8, 4) is 0 Å². The molecule has 2 aromatic rings. The van der Waals surface area contributed by atoms with Crippen LogP contribution in [-0.4, -0.2) is 12.8 Å². The third kappa shape index (κ3) is 3.70. The highest BCUT2D eigenvalue weighted by Gasteiger charge is 2.36. The van der Waals surface area contributed by atoms with E-state index in [0.29, 0.717) is 0 Å². The van der Waals surface area contributed by atoms with Gasteiger partial charge in [0.15, 0.2) is 0 Å². The molecule has 0 unspecified atom stereocenters. The van der Waals surface area contributed by atoms with E-state index in [1.165, 1.54) is 31.8 Å². The maximum absolute atomic E-state index is 2.50. The third-order valence-electron chi connectivity index (χ3n) is 4.11. The molecule has 0 aliphatic heterocycles. The third-order valence-corrected chi connectivity index (χ3v) is 8.20. The highest BCUT2D eigenvalue weighted by Crippen LogP contribution is 2.53. The van der Waals surface area contributed by atoms with Gasteiger partial charge in [0.25, 0.3) is 0 Å². The van der Waals surface area contributed by atoms with Crippen LogP contribution in [0, 0.1) is 0 Å². The zero-order valence-electron chi connectivity index (χ0n) is 12.8. The Labute approximate surface area is 124 Å². The van der Waals surface area contributed by atoms with Crippen LogP contribution < -0.4 is 10.6 Å². The second kappa shape index (κ2) is 7.60. The van der Waals surface area contributed by atoms with Crippen molar-refractivity contribution in [3.63, 3.8) is 0 Å². The predicted octanol–water partition coefficient (Wildman–Crippen LogP) is 4.87. The fraction of sp³-hybridized carbons (Fsp3) is 0.368. The number of hydrogen-bond donors (Lipinski definition) is 0. The number of hydrogen-bond acceptors (Lipinski definition) is 0. The van der Waals surface area contributed by atoms with E-state index < -0.39 is 7.26 Å². The van der Waals surface area contributed by atoms with Gasteiger partial charge in [-0.05, 0) is 37.1 Å². The Kier molecular flexibility index (Phi) is 5.80. The van der Waals surface area contributed by atoms with Gasteiger partial charge in [0.1, 0.15) is 0 Å². The van der Waals surface area contributed by atoms with Gasteiger partial charge < -0.3 is 0 Å². The first kappa shape index (κ1) is 15.3. The summed E-state index contributed by atoms with van der Waals surface area (Å²) in [4.78, 5) is 0. The molecule has 0 aliphatic rings. The molecule has 20 heavy (non-hydrogen) atoms. The highest BCUT2D eigenvalue weighted by molar-refractivity contribution is 7.88. The molecule has 0 N–H and O–H groups in total. The lowest BCUT2D eigenvalue weighted by atomic mass is 10.2. The Balaban J connectivity index is 2.24. The van der Waals surface area contributed by atoms with Crippen LogP contribution in [0.1, 0.15) is 32.6 Å². The van der Waals surface area contributed by atoms with E-state index in [0.717, 1.165) is 0 Å². The van der Waals surface area contributed by atoms with Gasteiger partial charge in [-0.3, -0.25) is 0 Å². The first-order chi connectivity index (χ1) is 9.77. The molecule has 0 heterocycles. The van der Waals surface area contributed by atoms with Gasteiger partial charge in [0.2, 0.25) is 0 Å². The lowest BCUT2D eigenvalue weighted by molar-refractivity contribution is 0.704. The number of rotatable bonds is 7. The van der Waals surface area contributed by atoms with E-state index in [1.54, 1.807) is 10.6 Å². The molecule has 0 nitrogen and oxygen atoms in total. The molecule has 0 saturated carbocycles. The largest absolute Gasteiger partial charge is 0.0988 e. The van der Waals surface area contributed by atoms with Crippen molar-refractivity contribution in [3.05, 3.63) is 60.7 Å². The molecule has 0 bridgehead atoms. The Bertz CT molecular complexity index is 450. The van der Waals surface area contributed by atoms with Crippen molar-refractivity contribution >= 4 is 17.9 Å². The SMILES string of the molecule is CCCCCC[P+](C)(c1ccccc1)c1ccccc1. The Hall–Kier alpha value is -1.13. The van der Waals surface area contributed by atoms with Crippen LogP contribution in [0.5, 0.6) is 0 Å². The smallest absolute Gasteiger partial charge is 0.0654 e. The topological polar surface area (TPSA) is 0 Å². The first-order valence-electron chi connectivity index (χ1n) is 7.74. The van der Waals surface area contributed by atoms with Gasteiger partial charge in [-0.15, -0.1) is 0 Å². The lowest BCUT2D eigenvalue weighted by Crippen LogP contribution is -2.23. The fourth-order valence-electron chi connectivity index (χ4n) is 2.78. The summed E-state index contributed by atoms with van der Waals surface area (Å²) in [6.07, 6.45) is 6.73. The van der Waals surface area contributed by atoms with Crippen molar-refractivity contribution in [1.82, 2.24) is 0 Å². The van der Waals surface area contributed by atoms with Crippen LogP contribution >= 0.6 is 7.26 Å². The molecule has 106 valence electrons. The van der Waals surface area contributed by atoms with Gasteiger partial charge in [-0.2, -0.15) is 0 Å². The standard InChI is InChI=1S/C19H26P/c1-3-4-5-12-17-20(2,18-13-8-6-9-14-18)19-15-10-7-11-16-19/h6-11,13-16H,3-5,12,17H2,1-2H3/q+1. The molecule has 0 saturated heterocycles. The average molecular weight is 285 g/mol. The van der Waals surface area contributed by atoms with Crippen molar-refractivity contribution in [1.29, 1.82) is 0 Å². The van der Waals surface area contributed by atoms with Gasteiger partial charge in [-0.25, -0.2) is 0 Å². The summed E-state index contributed by atoms with van der Waals surface area (Å²) in [6, 6.07) is 22.3. The van der Waals surface area contributed by atoms with Crippen LogP contribution in [0.15, 0.2) is 60.7 Å². The molecule has 1 heteroatoms. The van der Waals surface area contributed by atoms with E-state index in [1.807, 2.05) is 0 Å². The van der Waals surface area contributed by atoms with Gasteiger partial charge in [0.05, 0.1) is 30.7 Å². The highest BCUT2D eigenvalue weighted by atomic mass is 31.2. The van der Waals surface area contributed by atoms with Crippen molar-refractivity contribution < 1.29 is 0 Å². The van der Waals surface area contributed by atoms with Crippen molar-refractivity contribution in [2.24, 2.45) is 0 Å². The molecule has 0 spiro atoms. The number of unbranched alkanes of at least 4 members (excludes halogenated alkanes) is 3. The molecule has 2 aromatic carbocycles. The minimum absolute atomic E-state index is 1.21. The summed E-state index contributed by atoms with van der Waals surface area (Å²) in [7, 11) is -1.21. The van der Waals surface area contributed by atoms with Crippen molar-refractivity contribution in [2.45, 2.75) is 32.6 Å². The van der Waals surface area contributed by atoms with E-state index in [9.17, 15) is 0 Å². The Morgan fingerprint density at radius 1 is 0.700 bits per heavy atom. The minimum Gasteiger partial charge on any atom is -0.0654 e.